The van der Waals surface area contributed by atoms with Gasteiger partial charge in [-0.1, -0.05) is 72.8 Å². The maximum atomic E-state index is 6.42. The Labute approximate surface area is 195 Å². The molecule has 2 heterocycles. The Balaban J connectivity index is 1.53. The zero-order valence-corrected chi connectivity index (χ0v) is 19.4. The molecule has 1 fully saturated rings. The first-order chi connectivity index (χ1) is 16.1. The first kappa shape index (κ1) is 20.0. The molecule has 0 N–H and O–H groups in total. The largest absolute Gasteiger partial charge is 0.469 e. The number of hydrogen-bond acceptors (Lipinski definition) is 2. The highest BCUT2D eigenvalue weighted by atomic mass is 16.5. The van der Waals surface area contributed by atoms with Gasteiger partial charge in [-0.2, -0.15) is 4.58 Å². The van der Waals surface area contributed by atoms with Crippen molar-refractivity contribution in [2.75, 3.05) is 14.1 Å². The Hall–Kier alpha value is -3.59. The van der Waals surface area contributed by atoms with E-state index in [1.54, 1.807) is 0 Å². The summed E-state index contributed by atoms with van der Waals surface area (Å²) in [6, 6.07) is 24.4. The molecular formula is C30H29N2O+. The molecule has 1 aliphatic carbocycles. The van der Waals surface area contributed by atoms with Gasteiger partial charge in [-0.25, -0.2) is 0 Å². The Bertz CT molecular complexity index is 1360. The van der Waals surface area contributed by atoms with Gasteiger partial charge in [-0.3, -0.25) is 0 Å². The molecule has 3 aromatic rings. The molecule has 3 nitrogen and oxygen atoms in total. The van der Waals surface area contributed by atoms with Gasteiger partial charge in [-0.05, 0) is 41.8 Å². The minimum atomic E-state index is -0.192. The summed E-state index contributed by atoms with van der Waals surface area (Å²) < 4.78 is 8.78. The molecule has 0 amide bonds. The van der Waals surface area contributed by atoms with Crippen molar-refractivity contribution >= 4 is 22.2 Å². The van der Waals surface area contributed by atoms with Crippen molar-refractivity contribution in [3.05, 3.63) is 114 Å². The van der Waals surface area contributed by atoms with E-state index < -0.39 is 0 Å². The van der Waals surface area contributed by atoms with E-state index >= 15 is 0 Å². The normalized spacial score (nSPS) is 26.8. The van der Waals surface area contributed by atoms with Gasteiger partial charge >= 0.3 is 0 Å². The maximum absolute atomic E-state index is 6.42. The summed E-state index contributed by atoms with van der Waals surface area (Å²) >= 11 is 0. The summed E-state index contributed by atoms with van der Waals surface area (Å²) in [4.78, 5) is 2.26. The van der Waals surface area contributed by atoms with Gasteiger partial charge in [0.05, 0.1) is 17.5 Å². The number of likely N-dealkylation sites (N-methyl/N-ethyl adjacent to an activating group) is 1. The molecular weight excluding hydrogens is 404 g/mol. The summed E-state index contributed by atoms with van der Waals surface area (Å²) in [5, 5.41) is 2.61. The Kier molecular flexibility index (Phi) is 4.55. The van der Waals surface area contributed by atoms with Crippen LogP contribution in [-0.2, 0) is 16.6 Å². The molecule has 1 saturated heterocycles. The van der Waals surface area contributed by atoms with E-state index in [0.717, 1.165) is 12.3 Å². The van der Waals surface area contributed by atoms with Crippen molar-refractivity contribution in [1.82, 2.24) is 4.90 Å². The summed E-state index contributed by atoms with van der Waals surface area (Å²) in [5.41, 5.74) is 5.09. The fraction of sp³-hybridized carbons (Fsp3) is 0.233. The first-order valence-corrected chi connectivity index (χ1v) is 11.7. The maximum Gasteiger partial charge on any atom is 0.210 e. The summed E-state index contributed by atoms with van der Waals surface area (Å²) in [5.74, 6) is 0.930. The summed E-state index contributed by atoms with van der Waals surface area (Å²) in [6.07, 6.45) is 11.8. The molecule has 3 heteroatoms. The molecule has 3 aliphatic rings. The summed E-state index contributed by atoms with van der Waals surface area (Å²) in [6.45, 7) is 2.39. The molecule has 3 aromatic carbocycles. The molecule has 33 heavy (non-hydrogen) atoms. The molecule has 0 saturated carbocycles. The second-order valence-electron chi connectivity index (χ2n) is 9.56. The van der Waals surface area contributed by atoms with Gasteiger partial charge in [0.2, 0.25) is 5.69 Å². The Morgan fingerprint density at radius 2 is 1.73 bits per heavy atom. The van der Waals surface area contributed by atoms with Crippen molar-refractivity contribution < 1.29 is 9.31 Å². The van der Waals surface area contributed by atoms with Gasteiger partial charge in [0.25, 0.3) is 0 Å². The number of nitrogens with zero attached hydrogens (tertiary/aromatic N) is 2. The van der Waals surface area contributed by atoms with E-state index in [1.165, 1.54) is 33.3 Å². The SMILES string of the molecule is CN1C(=CC2=[N+](C)c3ccc4ccccc4c3C2(C)Cc2ccccc2)OC2C=CC=CC21. The highest BCUT2D eigenvalue weighted by Gasteiger charge is 2.49. The highest BCUT2D eigenvalue weighted by molar-refractivity contribution is 6.08. The average molecular weight is 434 g/mol. The minimum Gasteiger partial charge on any atom is -0.469 e. The van der Waals surface area contributed by atoms with Crippen LogP contribution < -0.4 is 0 Å². The van der Waals surface area contributed by atoms with Crippen LogP contribution in [0.15, 0.2) is 103 Å². The van der Waals surface area contributed by atoms with Crippen LogP contribution in [0.1, 0.15) is 18.1 Å². The number of ether oxygens (including phenoxy) is 1. The van der Waals surface area contributed by atoms with Gasteiger partial charge in [0.15, 0.2) is 11.6 Å². The van der Waals surface area contributed by atoms with E-state index in [-0.39, 0.29) is 17.6 Å². The Morgan fingerprint density at radius 3 is 2.55 bits per heavy atom. The fourth-order valence-corrected chi connectivity index (χ4v) is 5.84. The van der Waals surface area contributed by atoms with E-state index in [1.807, 2.05) is 0 Å². The topological polar surface area (TPSA) is 15.5 Å². The molecule has 164 valence electrons. The van der Waals surface area contributed by atoms with Gasteiger partial charge in [0, 0.05) is 18.7 Å². The summed E-state index contributed by atoms with van der Waals surface area (Å²) in [7, 11) is 4.32. The standard InChI is InChI=1S/C30H29N2O/c1-30(20-21-11-5-4-6-12-21)27(19-28-32(3)24-15-9-10-16-26(24)33-28)31(2)25-18-17-22-13-7-8-14-23(22)29(25)30/h4-19,24,26H,20H2,1-3H3/q+1. The monoisotopic (exact) mass is 433 g/mol. The third kappa shape index (κ3) is 3.06. The molecule has 0 spiro atoms. The predicted octanol–water partition coefficient (Wildman–Crippen LogP) is 5.74. The predicted molar refractivity (Wildman–Crippen MR) is 135 cm³/mol. The smallest absolute Gasteiger partial charge is 0.210 e. The lowest BCUT2D eigenvalue weighted by atomic mass is 9.73. The van der Waals surface area contributed by atoms with Crippen LogP contribution in [0.3, 0.4) is 0 Å². The third-order valence-corrected chi connectivity index (χ3v) is 7.52. The zero-order chi connectivity index (χ0) is 22.6. The van der Waals surface area contributed by atoms with Crippen molar-refractivity contribution in [3.8, 4) is 0 Å². The lowest BCUT2D eigenvalue weighted by Gasteiger charge is -2.25. The molecule has 6 rings (SSSR count). The molecule has 0 radical (unpaired) electrons. The second-order valence-corrected chi connectivity index (χ2v) is 9.56. The number of rotatable bonds is 3. The quantitative estimate of drug-likeness (QED) is 0.490. The number of benzene rings is 3. The van der Waals surface area contributed by atoms with Gasteiger partial charge in [-0.15, -0.1) is 0 Å². The molecule has 2 aliphatic heterocycles. The molecule has 3 unspecified atom stereocenters. The Morgan fingerprint density at radius 1 is 0.970 bits per heavy atom. The third-order valence-electron chi connectivity index (χ3n) is 7.52. The van der Waals surface area contributed by atoms with E-state index in [0.29, 0.717) is 0 Å². The second kappa shape index (κ2) is 7.48. The number of hydrogen-bond donors (Lipinski definition) is 0. The molecule has 3 atom stereocenters. The lowest BCUT2D eigenvalue weighted by Crippen LogP contribution is -2.34. The number of allylic oxidation sites excluding steroid dienone is 3. The van der Waals surface area contributed by atoms with Crippen LogP contribution >= 0.6 is 0 Å². The van der Waals surface area contributed by atoms with Crippen LogP contribution in [0, 0.1) is 0 Å². The van der Waals surface area contributed by atoms with Gasteiger partial charge in [0.1, 0.15) is 13.2 Å². The van der Waals surface area contributed by atoms with Crippen molar-refractivity contribution in [2.45, 2.75) is 30.9 Å². The minimum absolute atomic E-state index is 0.0714. The van der Waals surface area contributed by atoms with Crippen molar-refractivity contribution in [3.63, 3.8) is 0 Å². The van der Waals surface area contributed by atoms with Crippen LogP contribution in [0.2, 0.25) is 0 Å². The molecule has 0 bridgehead atoms. The van der Waals surface area contributed by atoms with Crippen molar-refractivity contribution in [1.29, 1.82) is 0 Å². The van der Waals surface area contributed by atoms with E-state index in [4.69, 9.17) is 4.74 Å². The van der Waals surface area contributed by atoms with Crippen LogP contribution in [0.25, 0.3) is 10.8 Å². The number of fused-ring (bicyclic) bond motifs is 4. The van der Waals surface area contributed by atoms with Crippen LogP contribution in [0.5, 0.6) is 0 Å². The highest BCUT2D eigenvalue weighted by Crippen LogP contribution is 2.46. The average Bonchev–Trinajstić information content (AvgIpc) is 3.27. The van der Waals surface area contributed by atoms with E-state index in [2.05, 4.69) is 128 Å². The van der Waals surface area contributed by atoms with E-state index in [9.17, 15) is 0 Å². The van der Waals surface area contributed by atoms with Crippen molar-refractivity contribution in [2.24, 2.45) is 0 Å². The zero-order valence-electron chi connectivity index (χ0n) is 19.4. The fourth-order valence-electron chi connectivity index (χ4n) is 5.84. The van der Waals surface area contributed by atoms with Gasteiger partial charge < -0.3 is 9.64 Å². The first-order valence-electron chi connectivity index (χ1n) is 11.7. The van der Waals surface area contributed by atoms with Crippen LogP contribution in [0.4, 0.5) is 5.69 Å². The molecule has 0 aromatic heterocycles. The van der Waals surface area contributed by atoms with Crippen LogP contribution in [-0.4, -0.2) is 41.4 Å². The lowest BCUT2D eigenvalue weighted by molar-refractivity contribution is -0.401.